The molecule has 1 aliphatic rings. The molecule has 0 aromatic carbocycles. The summed E-state index contributed by atoms with van der Waals surface area (Å²) in [5.74, 6) is -0.890. The van der Waals surface area contributed by atoms with Gasteiger partial charge in [0.05, 0.1) is 6.54 Å². The van der Waals surface area contributed by atoms with Gasteiger partial charge in [-0.15, -0.1) is 0 Å². The van der Waals surface area contributed by atoms with Gasteiger partial charge in [-0.2, -0.15) is 0 Å². The number of nitrogens with zero attached hydrogens (tertiary/aromatic N) is 2. The smallest absolute Gasteiger partial charge is 0.360 e. The van der Waals surface area contributed by atoms with Crippen molar-refractivity contribution >= 4 is 23.8 Å². The molecule has 1 aliphatic heterocycles. The molecule has 1 aromatic rings. The van der Waals surface area contributed by atoms with Crippen LogP contribution in [-0.4, -0.2) is 16.1 Å². The number of oxazole rings is 1. The lowest BCUT2D eigenvalue weighted by atomic mass is 10.4. The number of aromatic carboxylic acids is 1. The molecule has 5 nitrogen and oxygen atoms in total. The second-order valence-electron chi connectivity index (χ2n) is 2.56. The minimum absolute atomic E-state index is 0.0924. The fraction of sp³-hybridized carbons (Fsp3) is 0.125. The SMILES string of the molecule is CC1=[C][CH]N(c2ocnc2C(=O)O)S1. The molecule has 1 N–H and O–H groups in total. The fourth-order valence-electron chi connectivity index (χ4n) is 0.993. The van der Waals surface area contributed by atoms with Crippen LogP contribution in [0, 0.1) is 12.6 Å². The summed E-state index contributed by atoms with van der Waals surface area (Å²) in [4.78, 5) is 15.3. The van der Waals surface area contributed by atoms with Gasteiger partial charge in [0, 0.05) is 4.91 Å². The molecule has 0 unspecified atom stereocenters. The van der Waals surface area contributed by atoms with Gasteiger partial charge in [-0.05, 0) is 24.9 Å². The minimum Gasteiger partial charge on any atom is -0.476 e. The van der Waals surface area contributed by atoms with E-state index in [1.165, 1.54) is 11.9 Å². The molecule has 0 atom stereocenters. The Labute approximate surface area is 84.5 Å². The van der Waals surface area contributed by atoms with E-state index in [0.29, 0.717) is 0 Å². The van der Waals surface area contributed by atoms with Gasteiger partial charge in [-0.3, -0.25) is 4.31 Å². The number of anilines is 1. The molecule has 0 aliphatic carbocycles. The highest BCUT2D eigenvalue weighted by Gasteiger charge is 2.24. The Bertz CT molecular complexity index is 399. The number of carbonyl (C=O) groups is 1. The summed E-state index contributed by atoms with van der Waals surface area (Å²) in [7, 11) is 0. The molecular formula is C8H6N2O3S. The summed E-state index contributed by atoms with van der Waals surface area (Å²) < 4.78 is 6.56. The van der Waals surface area contributed by atoms with Gasteiger partial charge in [0.15, 0.2) is 6.39 Å². The molecule has 0 spiro atoms. The summed E-state index contributed by atoms with van der Waals surface area (Å²) in [6.45, 7) is 3.49. The van der Waals surface area contributed by atoms with E-state index in [2.05, 4.69) is 11.1 Å². The van der Waals surface area contributed by atoms with Gasteiger partial charge in [0.2, 0.25) is 11.6 Å². The first-order chi connectivity index (χ1) is 6.68. The quantitative estimate of drug-likeness (QED) is 0.749. The summed E-state index contributed by atoms with van der Waals surface area (Å²) in [5, 5.41) is 8.78. The number of rotatable bonds is 2. The van der Waals surface area contributed by atoms with Crippen molar-refractivity contribution in [3.63, 3.8) is 0 Å². The van der Waals surface area contributed by atoms with Crippen molar-refractivity contribution in [3.8, 4) is 0 Å². The standard InChI is InChI=1S/C8H6N2O3S/c1-5-2-3-10(14-5)7-6(8(11)12)9-4-13-7/h3-4H,1H3,(H,11,12). The van der Waals surface area contributed by atoms with Crippen LogP contribution in [0.1, 0.15) is 17.4 Å². The van der Waals surface area contributed by atoms with Crippen LogP contribution in [-0.2, 0) is 0 Å². The monoisotopic (exact) mass is 210 g/mol. The highest BCUT2D eigenvalue weighted by atomic mass is 32.2. The van der Waals surface area contributed by atoms with E-state index in [1.54, 1.807) is 10.8 Å². The van der Waals surface area contributed by atoms with Crippen molar-refractivity contribution in [1.29, 1.82) is 0 Å². The Kier molecular flexibility index (Phi) is 2.20. The zero-order valence-corrected chi connectivity index (χ0v) is 8.04. The highest BCUT2D eigenvalue weighted by molar-refractivity contribution is 8.04. The molecule has 72 valence electrons. The van der Waals surface area contributed by atoms with Crippen LogP contribution in [0.25, 0.3) is 0 Å². The first-order valence-electron chi connectivity index (χ1n) is 3.76. The molecule has 0 bridgehead atoms. The summed E-state index contributed by atoms with van der Waals surface area (Å²) in [6, 6.07) is 0. The highest BCUT2D eigenvalue weighted by Crippen LogP contribution is 2.35. The van der Waals surface area contributed by atoms with Crippen molar-refractivity contribution in [2.45, 2.75) is 6.92 Å². The predicted octanol–water partition coefficient (Wildman–Crippen LogP) is 1.71. The van der Waals surface area contributed by atoms with Gasteiger partial charge in [-0.25, -0.2) is 9.78 Å². The Hall–Kier alpha value is -1.43. The maximum atomic E-state index is 10.7. The normalized spacial score (nSPS) is 15.8. The van der Waals surface area contributed by atoms with Crippen LogP contribution in [0.4, 0.5) is 5.88 Å². The summed E-state index contributed by atoms with van der Waals surface area (Å²) in [5.41, 5.74) is -0.0924. The van der Waals surface area contributed by atoms with Gasteiger partial charge >= 0.3 is 5.97 Å². The number of carboxylic acids is 1. The van der Waals surface area contributed by atoms with Gasteiger partial charge in [0.25, 0.3) is 0 Å². The van der Waals surface area contributed by atoms with Crippen LogP contribution in [0.3, 0.4) is 0 Å². The van der Waals surface area contributed by atoms with Crippen LogP contribution in [0.5, 0.6) is 0 Å². The van der Waals surface area contributed by atoms with Crippen molar-refractivity contribution < 1.29 is 14.3 Å². The van der Waals surface area contributed by atoms with Crippen LogP contribution in [0.15, 0.2) is 15.7 Å². The van der Waals surface area contributed by atoms with Crippen molar-refractivity contribution in [1.82, 2.24) is 4.98 Å². The van der Waals surface area contributed by atoms with Crippen molar-refractivity contribution in [3.05, 3.63) is 29.6 Å². The number of hydrogen-bond acceptors (Lipinski definition) is 5. The molecule has 1 aromatic heterocycles. The number of allylic oxidation sites excluding steroid dienone is 1. The van der Waals surface area contributed by atoms with E-state index in [0.717, 1.165) is 11.3 Å². The second kappa shape index (κ2) is 3.38. The molecule has 0 saturated heterocycles. The molecule has 0 saturated carbocycles. The summed E-state index contributed by atoms with van der Waals surface area (Å²) in [6.07, 6.45) is 4.04. The van der Waals surface area contributed by atoms with E-state index >= 15 is 0 Å². The molecule has 2 rings (SSSR count). The van der Waals surface area contributed by atoms with Gasteiger partial charge < -0.3 is 9.52 Å². The first kappa shape index (κ1) is 9.14. The Balaban J connectivity index is 2.25. The van der Waals surface area contributed by atoms with E-state index in [-0.39, 0.29) is 11.6 Å². The van der Waals surface area contributed by atoms with Crippen LogP contribution < -0.4 is 4.31 Å². The lowest BCUT2D eigenvalue weighted by Crippen LogP contribution is -2.09. The average Bonchev–Trinajstić information content (AvgIpc) is 2.70. The third kappa shape index (κ3) is 1.48. The molecule has 0 fully saturated rings. The maximum Gasteiger partial charge on any atom is 0.360 e. The molecule has 0 amide bonds. The molecular weight excluding hydrogens is 204 g/mol. The third-order valence-electron chi connectivity index (χ3n) is 1.57. The predicted molar refractivity (Wildman–Crippen MR) is 50.3 cm³/mol. The lowest BCUT2D eigenvalue weighted by Gasteiger charge is -2.11. The average molecular weight is 210 g/mol. The van der Waals surface area contributed by atoms with Crippen molar-refractivity contribution in [2.24, 2.45) is 0 Å². The number of hydrogen-bond donors (Lipinski definition) is 1. The third-order valence-corrected chi connectivity index (χ3v) is 2.43. The van der Waals surface area contributed by atoms with Gasteiger partial charge in [0.1, 0.15) is 0 Å². The molecule has 6 heteroatoms. The maximum absolute atomic E-state index is 10.7. The first-order valence-corrected chi connectivity index (χ1v) is 4.53. The Morgan fingerprint density at radius 1 is 1.79 bits per heavy atom. The van der Waals surface area contributed by atoms with E-state index in [9.17, 15) is 4.79 Å². The zero-order valence-electron chi connectivity index (χ0n) is 7.22. The summed E-state index contributed by atoms with van der Waals surface area (Å²) >= 11 is 1.34. The van der Waals surface area contributed by atoms with E-state index in [1.807, 2.05) is 6.92 Å². The fourth-order valence-corrected chi connectivity index (χ4v) is 1.71. The zero-order chi connectivity index (χ0) is 10.1. The van der Waals surface area contributed by atoms with Crippen LogP contribution >= 0.6 is 11.9 Å². The molecule has 2 heterocycles. The van der Waals surface area contributed by atoms with E-state index < -0.39 is 5.97 Å². The van der Waals surface area contributed by atoms with E-state index in [4.69, 9.17) is 9.52 Å². The lowest BCUT2D eigenvalue weighted by molar-refractivity contribution is 0.0691. The topological polar surface area (TPSA) is 66.6 Å². The second-order valence-corrected chi connectivity index (χ2v) is 3.75. The Morgan fingerprint density at radius 3 is 3.14 bits per heavy atom. The largest absolute Gasteiger partial charge is 0.476 e. The van der Waals surface area contributed by atoms with Crippen molar-refractivity contribution in [2.75, 3.05) is 4.31 Å². The van der Waals surface area contributed by atoms with Gasteiger partial charge in [-0.1, -0.05) is 0 Å². The number of aromatic nitrogens is 1. The molecule has 2 radical (unpaired) electrons. The minimum atomic E-state index is -1.10. The van der Waals surface area contributed by atoms with Crippen LogP contribution in [0.2, 0.25) is 0 Å². The Morgan fingerprint density at radius 2 is 2.57 bits per heavy atom. The molecule has 14 heavy (non-hydrogen) atoms. The number of carboxylic acid groups (broad SMARTS) is 1.